The molecule has 1 aromatic heterocycles. The number of hydrogen-bond donors (Lipinski definition) is 2. The number of hydrogen-bond acceptors (Lipinski definition) is 3. The van der Waals surface area contributed by atoms with Gasteiger partial charge in [-0.15, -0.1) is 0 Å². The molecule has 4 nitrogen and oxygen atoms in total. The molecule has 0 bridgehead atoms. The van der Waals surface area contributed by atoms with Gasteiger partial charge in [-0.2, -0.15) is 0 Å². The summed E-state index contributed by atoms with van der Waals surface area (Å²) < 4.78 is 5.75. The molecule has 0 atom stereocenters. The maximum Gasteiger partial charge on any atom is 0.231 e. The Morgan fingerprint density at radius 2 is 1.70 bits per heavy atom. The third kappa shape index (κ3) is 2.50. The van der Waals surface area contributed by atoms with E-state index in [9.17, 15) is 9.90 Å². The topological polar surface area (TPSA) is 62.3 Å². The second kappa shape index (κ2) is 5.88. The van der Waals surface area contributed by atoms with Crippen LogP contribution in [0.3, 0.4) is 0 Å². The number of benzene rings is 3. The summed E-state index contributed by atoms with van der Waals surface area (Å²) in [6.45, 7) is 0. The molecule has 4 heteroatoms. The summed E-state index contributed by atoms with van der Waals surface area (Å²) in [5.41, 5.74) is 3.79. The lowest BCUT2D eigenvalue weighted by molar-refractivity contribution is 0.101. The Hall–Kier alpha value is -3.79. The SMILES string of the molecule is O=C1/C(=C/c2c[nH]c3ccccc23)Oc2cc(O)c(-c3ccccc3)cc21. The highest BCUT2D eigenvalue weighted by molar-refractivity contribution is 6.16. The number of phenols is 1. The summed E-state index contributed by atoms with van der Waals surface area (Å²) in [6, 6.07) is 20.6. The van der Waals surface area contributed by atoms with Gasteiger partial charge in [-0.05, 0) is 23.8 Å². The molecule has 0 fully saturated rings. The fourth-order valence-corrected chi connectivity index (χ4v) is 3.43. The monoisotopic (exact) mass is 353 g/mol. The minimum atomic E-state index is -0.188. The van der Waals surface area contributed by atoms with Crippen molar-refractivity contribution in [3.63, 3.8) is 0 Å². The molecule has 0 unspecified atom stereocenters. The summed E-state index contributed by atoms with van der Waals surface area (Å²) in [4.78, 5) is 16.1. The first-order chi connectivity index (χ1) is 13.2. The number of carbonyl (C=O) groups is 1. The third-order valence-electron chi connectivity index (χ3n) is 4.78. The van der Waals surface area contributed by atoms with Crippen LogP contribution in [0.1, 0.15) is 15.9 Å². The number of aromatic amines is 1. The van der Waals surface area contributed by atoms with Crippen molar-refractivity contribution in [1.29, 1.82) is 0 Å². The Morgan fingerprint density at radius 3 is 2.56 bits per heavy atom. The van der Waals surface area contributed by atoms with Gasteiger partial charge < -0.3 is 14.8 Å². The first-order valence-electron chi connectivity index (χ1n) is 8.63. The average molecular weight is 353 g/mol. The van der Waals surface area contributed by atoms with Gasteiger partial charge in [0.05, 0.1) is 5.56 Å². The number of Topliss-reactive ketones (excluding diaryl/α,β-unsaturated/α-hetero) is 1. The standard InChI is InChI=1S/C23H15NO3/c25-20-12-21-18(11-17(20)14-6-2-1-3-7-14)23(26)22(27-21)10-15-13-24-19-9-5-4-8-16(15)19/h1-13,24-25H/b22-10-. The van der Waals surface area contributed by atoms with Crippen molar-refractivity contribution in [3.8, 4) is 22.6 Å². The number of aromatic nitrogens is 1. The highest BCUT2D eigenvalue weighted by Gasteiger charge is 2.29. The number of ketones is 1. The first-order valence-corrected chi connectivity index (χ1v) is 8.63. The van der Waals surface area contributed by atoms with Crippen LogP contribution in [-0.4, -0.2) is 15.9 Å². The molecule has 130 valence electrons. The number of para-hydroxylation sites is 1. The lowest BCUT2D eigenvalue weighted by Crippen LogP contribution is -1.98. The highest BCUT2D eigenvalue weighted by Crippen LogP contribution is 2.40. The lowest BCUT2D eigenvalue weighted by atomic mass is 9.99. The molecule has 0 saturated heterocycles. The molecule has 0 aliphatic carbocycles. The van der Waals surface area contributed by atoms with Crippen LogP contribution in [0.4, 0.5) is 0 Å². The molecule has 5 rings (SSSR count). The molecular formula is C23H15NO3. The number of ether oxygens (including phenoxy) is 1. The van der Waals surface area contributed by atoms with Crippen molar-refractivity contribution in [2.75, 3.05) is 0 Å². The van der Waals surface area contributed by atoms with E-state index in [4.69, 9.17) is 4.74 Å². The molecule has 0 radical (unpaired) electrons. The van der Waals surface area contributed by atoms with Gasteiger partial charge in [0.25, 0.3) is 0 Å². The summed E-state index contributed by atoms with van der Waals surface area (Å²) in [5, 5.41) is 11.4. The molecule has 3 aromatic carbocycles. The lowest BCUT2D eigenvalue weighted by Gasteiger charge is -2.06. The van der Waals surface area contributed by atoms with Gasteiger partial charge in [0.15, 0.2) is 5.76 Å². The van der Waals surface area contributed by atoms with Gasteiger partial charge in [0.1, 0.15) is 11.5 Å². The summed E-state index contributed by atoms with van der Waals surface area (Å²) in [5.74, 6) is 0.524. The second-order valence-electron chi connectivity index (χ2n) is 6.46. The molecule has 2 heterocycles. The van der Waals surface area contributed by atoms with E-state index in [1.165, 1.54) is 6.07 Å². The van der Waals surface area contributed by atoms with Crippen LogP contribution in [0.5, 0.6) is 11.5 Å². The van der Waals surface area contributed by atoms with Crippen LogP contribution in [-0.2, 0) is 0 Å². The van der Waals surface area contributed by atoms with Gasteiger partial charge in [-0.3, -0.25) is 4.79 Å². The fraction of sp³-hybridized carbons (Fsp3) is 0. The van der Waals surface area contributed by atoms with Crippen molar-refractivity contribution in [2.24, 2.45) is 0 Å². The minimum Gasteiger partial charge on any atom is -0.507 e. The Kier molecular flexibility index (Phi) is 3.37. The number of aromatic hydroxyl groups is 1. The summed E-state index contributed by atoms with van der Waals surface area (Å²) >= 11 is 0. The van der Waals surface area contributed by atoms with Crippen molar-refractivity contribution in [2.45, 2.75) is 0 Å². The Labute approximate surface area is 155 Å². The van der Waals surface area contributed by atoms with Crippen molar-refractivity contribution >= 4 is 22.8 Å². The largest absolute Gasteiger partial charge is 0.507 e. The number of nitrogens with one attached hydrogen (secondary N) is 1. The Balaban J connectivity index is 1.58. The predicted molar refractivity (Wildman–Crippen MR) is 105 cm³/mol. The van der Waals surface area contributed by atoms with E-state index in [0.29, 0.717) is 16.9 Å². The van der Waals surface area contributed by atoms with Crippen molar-refractivity contribution in [1.82, 2.24) is 4.98 Å². The first kappa shape index (κ1) is 15.5. The minimum absolute atomic E-state index is 0.0843. The van der Waals surface area contributed by atoms with Crippen LogP contribution in [0, 0.1) is 0 Å². The number of rotatable bonds is 2. The van der Waals surface area contributed by atoms with Crippen LogP contribution < -0.4 is 4.74 Å². The van der Waals surface area contributed by atoms with E-state index in [1.807, 2.05) is 60.8 Å². The molecule has 2 N–H and O–H groups in total. The maximum absolute atomic E-state index is 12.9. The zero-order valence-corrected chi connectivity index (χ0v) is 14.3. The molecule has 27 heavy (non-hydrogen) atoms. The quantitative estimate of drug-likeness (QED) is 0.490. The number of phenolic OH excluding ortho intramolecular Hbond substituents is 1. The Morgan fingerprint density at radius 1 is 0.926 bits per heavy atom. The molecule has 0 spiro atoms. The number of allylic oxidation sites excluding steroid dienone is 1. The molecule has 1 aliphatic heterocycles. The van der Waals surface area contributed by atoms with Gasteiger partial charge in [0, 0.05) is 34.3 Å². The molecular weight excluding hydrogens is 338 g/mol. The van der Waals surface area contributed by atoms with Gasteiger partial charge >= 0.3 is 0 Å². The number of H-pyrrole nitrogens is 1. The summed E-state index contributed by atoms with van der Waals surface area (Å²) in [7, 11) is 0. The van der Waals surface area contributed by atoms with E-state index >= 15 is 0 Å². The van der Waals surface area contributed by atoms with E-state index in [1.54, 1.807) is 12.1 Å². The van der Waals surface area contributed by atoms with Crippen LogP contribution >= 0.6 is 0 Å². The van der Waals surface area contributed by atoms with Crippen LogP contribution in [0.15, 0.2) is 78.7 Å². The molecule has 4 aromatic rings. The van der Waals surface area contributed by atoms with E-state index in [2.05, 4.69) is 4.98 Å². The fourth-order valence-electron chi connectivity index (χ4n) is 3.43. The molecule has 0 saturated carbocycles. The van der Waals surface area contributed by atoms with Crippen molar-refractivity contribution in [3.05, 3.63) is 89.8 Å². The molecule has 1 aliphatic rings. The van der Waals surface area contributed by atoms with E-state index in [0.717, 1.165) is 22.0 Å². The second-order valence-corrected chi connectivity index (χ2v) is 6.46. The third-order valence-corrected chi connectivity index (χ3v) is 4.78. The number of carbonyl (C=O) groups excluding carboxylic acids is 1. The molecule has 0 amide bonds. The number of fused-ring (bicyclic) bond motifs is 2. The van der Waals surface area contributed by atoms with Gasteiger partial charge in [0.2, 0.25) is 5.78 Å². The van der Waals surface area contributed by atoms with Crippen molar-refractivity contribution < 1.29 is 14.6 Å². The zero-order valence-electron chi connectivity index (χ0n) is 14.3. The summed E-state index contributed by atoms with van der Waals surface area (Å²) in [6.07, 6.45) is 3.59. The van der Waals surface area contributed by atoms with E-state index < -0.39 is 0 Å². The smallest absolute Gasteiger partial charge is 0.231 e. The van der Waals surface area contributed by atoms with Gasteiger partial charge in [-0.25, -0.2) is 0 Å². The van der Waals surface area contributed by atoms with Gasteiger partial charge in [-0.1, -0.05) is 48.5 Å². The van der Waals surface area contributed by atoms with Crippen LogP contribution in [0.2, 0.25) is 0 Å². The Bertz CT molecular complexity index is 1220. The normalized spacial score (nSPS) is 14.5. The maximum atomic E-state index is 12.9. The van der Waals surface area contributed by atoms with Crippen LogP contribution in [0.25, 0.3) is 28.1 Å². The predicted octanol–water partition coefficient (Wildman–Crippen LogP) is 5.16. The van der Waals surface area contributed by atoms with E-state index in [-0.39, 0.29) is 17.3 Å². The highest BCUT2D eigenvalue weighted by atomic mass is 16.5. The zero-order chi connectivity index (χ0) is 18.4. The average Bonchev–Trinajstić information content (AvgIpc) is 3.23.